The fraction of sp³-hybridized carbons (Fsp3) is 0.235. The van der Waals surface area contributed by atoms with Gasteiger partial charge in [-0.15, -0.1) is 0 Å². The number of hydrogen-bond acceptors (Lipinski definition) is 4. The van der Waals surface area contributed by atoms with Crippen LogP contribution in [0.15, 0.2) is 41.3 Å². The molecule has 0 aliphatic rings. The Hall–Kier alpha value is -2.54. The molecule has 24 heavy (non-hydrogen) atoms. The zero-order valence-corrected chi connectivity index (χ0v) is 14.8. The van der Waals surface area contributed by atoms with Crippen LogP contribution in [0.25, 0.3) is 0 Å². The molecular weight excluding hydrogens is 328 g/mol. The summed E-state index contributed by atoms with van der Waals surface area (Å²) >= 11 is 0. The second kappa shape index (κ2) is 6.92. The number of benzene rings is 2. The Balaban J connectivity index is 2.44. The van der Waals surface area contributed by atoms with Gasteiger partial charge in [-0.2, -0.15) is 0 Å². The van der Waals surface area contributed by atoms with E-state index < -0.39 is 10.0 Å². The molecule has 7 heteroatoms. The molecule has 0 atom stereocenters. The molecule has 1 amide bonds. The predicted octanol–water partition coefficient (Wildman–Crippen LogP) is 3.07. The van der Waals surface area contributed by atoms with Crippen molar-refractivity contribution in [2.45, 2.75) is 25.7 Å². The largest absolute Gasteiger partial charge is 0.495 e. The van der Waals surface area contributed by atoms with Gasteiger partial charge in [-0.1, -0.05) is 12.1 Å². The maximum Gasteiger partial charge on any atom is 0.262 e. The van der Waals surface area contributed by atoms with Gasteiger partial charge in [0, 0.05) is 12.6 Å². The molecule has 0 aliphatic carbocycles. The van der Waals surface area contributed by atoms with Crippen LogP contribution in [-0.2, 0) is 14.8 Å². The number of nitrogens with one attached hydrogen (secondary N) is 2. The molecule has 0 saturated heterocycles. The van der Waals surface area contributed by atoms with Crippen molar-refractivity contribution in [3.63, 3.8) is 0 Å². The average molecular weight is 348 g/mol. The highest BCUT2D eigenvalue weighted by Gasteiger charge is 2.19. The van der Waals surface area contributed by atoms with Gasteiger partial charge < -0.3 is 10.1 Å². The maximum atomic E-state index is 12.7. The van der Waals surface area contributed by atoms with Gasteiger partial charge in [-0.05, 0) is 49.2 Å². The second-order valence-electron chi connectivity index (χ2n) is 5.47. The van der Waals surface area contributed by atoms with E-state index in [0.29, 0.717) is 17.0 Å². The second-order valence-corrected chi connectivity index (χ2v) is 7.12. The molecule has 0 heterocycles. The molecule has 0 spiro atoms. The smallest absolute Gasteiger partial charge is 0.262 e. The van der Waals surface area contributed by atoms with Gasteiger partial charge in [-0.25, -0.2) is 8.42 Å². The number of aryl methyl sites for hydroxylation is 2. The zero-order chi connectivity index (χ0) is 17.9. The topological polar surface area (TPSA) is 84.5 Å². The lowest BCUT2D eigenvalue weighted by atomic mass is 10.2. The van der Waals surface area contributed by atoms with Crippen LogP contribution in [0.4, 0.5) is 11.4 Å². The van der Waals surface area contributed by atoms with Crippen molar-refractivity contribution in [3.05, 3.63) is 47.5 Å². The third-order valence-electron chi connectivity index (χ3n) is 3.40. The number of carbonyl (C=O) groups is 1. The van der Waals surface area contributed by atoms with E-state index in [1.165, 1.54) is 20.1 Å². The predicted molar refractivity (Wildman–Crippen MR) is 94.0 cm³/mol. The molecular formula is C17H20N2O4S. The summed E-state index contributed by atoms with van der Waals surface area (Å²) < 4.78 is 33.2. The lowest BCUT2D eigenvalue weighted by Crippen LogP contribution is -2.15. The molecule has 2 aromatic carbocycles. The summed E-state index contributed by atoms with van der Waals surface area (Å²) in [4.78, 5) is 11.4. The van der Waals surface area contributed by atoms with Crippen LogP contribution in [0.5, 0.6) is 5.75 Å². The number of amides is 1. The Morgan fingerprint density at radius 3 is 2.42 bits per heavy atom. The SMILES string of the molecule is COc1ccc(NC(C)=O)cc1NS(=O)(=O)c1cc(C)ccc1C. The van der Waals surface area contributed by atoms with Gasteiger partial charge >= 0.3 is 0 Å². The highest BCUT2D eigenvalue weighted by molar-refractivity contribution is 7.92. The van der Waals surface area contributed by atoms with Crippen molar-refractivity contribution in [2.24, 2.45) is 0 Å². The van der Waals surface area contributed by atoms with E-state index in [9.17, 15) is 13.2 Å². The first kappa shape index (κ1) is 17.8. The number of rotatable bonds is 5. The zero-order valence-electron chi connectivity index (χ0n) is 14.0. The Labute approximate surface area is 141 Å². The molecule has 0 fully saturated rings. The first-order chi connectivity index (χ1) is 11.2. The molecule has 0 aliphatic heterocycles. The monoisotopic (exact) mass is 348 g/mol. The van der Waals surface area contributed by atoms with Crippen LogP contribution >= 0.6 is 0 Å². The fourth-order valence-electron chi connectivity index (χ4n) is 2.27. The number of ether oxygens (including phenoxy) is 1. The summed E-state index contributed by atoms with van der Waals surface area (Å²) in [5.74, 6) is 0.112. The number of carbonyl (C=O) groups excluding carboxylic acids is 1. The summed E-state index contributed by atoms with van der Waals surface area (Å²) in [7, 11) is -2.34. The van der Waals surface area contributed by atoms with Gasteiger partial charge in [0.2, 0.25) is 5.91 Å². The molecule has 2 rings (SSSR count). The summed E-state index contributed by atoms with van der Waals surface area (Å²) in [6.45, 7) is 4.94. The van der Waals surface area contributed by atoms with Crippen molar-refractivity contribution in [1.29, 1.82) is 0 Å². The molecule has 0 bridgehead atoms. The van der Waals surface area contributed by atoms with E-state index in [1.807, 2.05) is 13.0 Å². The minimum Gasteiger partial charge on any atom is -0.495 e. The van der Waals surface area contributed by atoms with Crippen molar-refractivity contribution in [2.75, 3.05) is 17.1 Å². The summed E-state index contributed by atoms with van der Waals surface area (Å²) in [6, 6.07) is 9.97. The summed E-state index contributed by atoms with van der Waals surface area (Å²) in [5, 5.41) is 2.61. The van der Waals surface area contributed by atoms with E-state index in [0.717, 1.165) is 5.56 Å². The molecule has 6 nitrogen and oxygen atoms in total. The van der Waals surface area contributed by atoms with E-state index in [-0.39, 0.29) is 16.5 Å². The van der Waals surface area contributed by atoms with Crippen LogP contribution in [0.1, 0.15) is 18.1 Å². The molecule has 0 saturated carbocycles. The minimum atomic E-state index is -3.79. The van der Waals surface area contributed by atoms with Crippen LogP contribution in [0, 0.1) is 13.8 Å². The average Bonchev–Trinajstić information content (AvgIpc) is 2.49. The van der Waals surface area contributed by atoms with Crippen molar-refractivity contribution < 1.29 is 17.9 Å². The maximum absolute atomic E-state index is 12.7. The number of sulfonamides is 1. The number of hydrogen-bond donors (Lipinski definition) is 2. The Kier molecular flexibility index (Phi) is 5.14. The highest BCUT2D eigenvalue weighted by atomic mass is 32.2. The Morgan fingerprint density at radius 2 is 1.79 bits per heavy atom. The first-order valence-electron chi connectivity index (χ1n) is 7.28. The van der Waals surface area contributed by atoms with E-state index in [1.54, 1.807) is 31.2 Å². The fourth-order valence-corrected chi connectivity index (χ4v) is 3.66. The van der Waals surface area contributed by atoms with E-state index in [4.69, 9.17) is 4.74 Å². The molecule has 0 aromatic heterocycles. The van der Waals surface area contributed by atoms with Crippen LogP contribution in [0.3, 0.4) is 0 Å². The van der Waals surface area contributed by atoms with Gasteiger partial charge in [0.15, 0.2) is 0 Å². The minimum absolute atomic E-state index is 0.203. The molecule has 2 aromatic rings. The molecule has 2 N–H and O–H groups in total. The first-order valence-corrected chi connectivity index (χ1v) is 8.77. The third-order valence-corrected chi connectivity index (χ3v) is 4.90. The van der Waals surface area contributed by atoms with Crippen LogP contribution in [0.2, 0.25) is 0 Å². The summed E-state index contributed by atoms with van der Waals surface area (Å²) in [5.41, 5.74) is 2.22. The van der Waals surface area contributed by atoms with E-state index >= 15 is 0 Å². The van der Waals surface area contributed by atoms with Gasteiger partial charge in [0.25, 0.3) is 10.0 Å². The third kappa shape index (κ3) is 4.05. The molecule has 128 valence electrons. The van der Waals surface area contributed by atoms with Gasteiger partial charge in [-0.3, -0.25) is 9.52 Å². The lowest BCUT2D eigenvalue weighted by Gasteiger charge is -2.15. The van der Waals surface area contributed by atoms with Crippen LogP contribution in [-0.4, -0.2) is 21.4 Å². The van der Waals surface area contributed by atoms with E-state index in [2.05, 4.69) is 10.0 Å². The summed E-state index contributed by atoms with van der Waals surface area (Å²) in [6.07, 6.45) is 0. The van der Waals surface area contributed by atoms with Crippen LogP contribution < -0.4 is 14.8 Å². The standard InChI is InChI=1S/C17H20N2O4S/c1-11-5-6-12(2)17(9-11)24(21,22)19-15-10-14(18-13(3)20)7-8-16(15)23-4/h5-10,19H,1-4H3,(H,18,20). The Morgan fingerprint density at radius 1 is 1.08 bits per heavy atom. The quantitative estimate of drug-likeness (QED) is 0.870. The van der Waals surface area contributed by atoms with Crippen molar-refractivity contribution in [3.8, 4) is 5.75 Å². The van der Waals surface area contributed by atoms with Crippen molar-refractivity contribution >= 4 is 27.3 Å². The molecule has 0 radical (unpaired) electrons. The van der Waals surface area contributed by atoms with Gasteiger partial charge in [0.05, 0.1) is 17.7 Å². The Bertz CT molecular complexity index is 876. The lowest BCUT2D eigenvalue weighted by molar-refractivity contribution is -0.114. The number of methoxy groups -OCH3 is 1. The highest BCUT2D eigenvalue weighted by Crippen LogP contribution is 2.30. The normalized spacial score (nSPS) is 11.0. The molecule has 0 unspecified atom stereocenters. The van der Waals surface area contributed by atoms with Gasteiger partial charge in [0.1, 0.15) is 5.75 Å². The number of anilines is 2. The van der Waals surface area contributed by atoms with Crippen molar-refractivity contribution in [1.82, 2.24) is 0 Å².